The largest absolute Gasteiger partial charge is 0.405 e. The van der Waals surface area contributed by atoms with Crippen molar-refractivity contribution in [3.05, 3.63) is 22.7 Å². The van der Waals surface area contributed by atoms with Crippen molar-refractivity contribution in [3.63, 3.8) is 0 Å². The van der Waals surface area contributed by atoms with Gasteiger partial charge in [0.05, 0.1) is 5.69 Å². The lowest BCUT2D eigenvalue weighted by Gasteiger charge is -2.07. The van der Waals surface area contributed by atoms with Gasteiger partial charge in [-0.25, -0.2) is 4.98 Å². The SMILES string of the molecule is Cc1ccnc2sc(C(=O)NCC(F)(F)F)c(N)c12. The molecule has 4 nitrogen and oxygen atoms in total. The number of pyridine rings is 1. The normalized spacial score (nSPS) is 11.8. The predicted octanol–water partition coefficient (Wildman–Crippen LogP) is 2.48. The molecule has 2 rings (SSSR count). The van der Waals surface area contributed by atoms with E-state index in [1.807, 2.05) is 0 Å². The number of alkyl halides is 3. The summed E-state index contributed by atoms with van der Waals surface area (Å²) in [6.45, 7) is 0.413. The van der Waals surface area contributed by atoms with E-state index in [9.17, 15) is 18.0 Å². The summed E-state index contributed by atoms with van der Waals surface area (Å²) < 4.78 is 36.1. The van der Waals surface area contributed by atoms with Gasteiger partial charge in [0.15, 0.2) is 0 Å². The highest BCUT2D eigenvalue weighted by Gasteiger charge is 2.29. The number of rotatable bonds is 2. The molecule has 0 fully saturated rings. The van der Waals surface area contributed by atoms with Gasteiger partial charge in [0.25, 0.3) is 5.91 Å². The van der Waals surface area contributed by atoms with E-state index in [4.69, 9.17) is 5.73 Å². The number of hydrogen-bond donors (Lipinski definition) is 2. The zero-order valence-corrected chi connectivity index (χ0v) is 10.7. The standard InChI is InChI=1S/C11H10F3N3OS/c1-5-2-3-16-10-6(5)7(15)8(19-10)9(18)17-4-11(12,13)14/h2-3H,4,15H2,1H3,(H,17,18). The minimum absolute atomic E-state index is 0.0565. The van der Waals surface area contributed by atoms with Crippen LogP contribution in [0.5, 0.6) is 0 Å². The molecular formula is C11H10F3N3OS. The van der Waals surface area contributed by atoms with E-state index in [0.29, 0.717) is 10.2 Å². The lowest BCUT2D eigenvalue weighted by molar-refractivity contribution is -0.123. The van der Waals surface area contributed by atoms with Crippen molar-refractivity contribution in [2.24, 2.45) is 0 Å². The Morgan fingerprint density at radius 2 is 2.21 bits per heavy atom. The molecule has 0 aliphatic rings. The predicted molar refractivity (Wildman–Crippen MR) is 67.2 cm³/mol. The fourth-order valence-corrected chi connectivity index (χ4v) is 2.69. The number of nitrogens with two attached hydrogens (primary N) is 1. The lowest BCUT2D eigenvalue weighted by atomic mass is 10.2. The first-order valence-corrected chi connectivity index (χ1v) is 6.10. The quantitative estimate of drug-likeness (QED) is 0.892. The van der Waals surface area contributed by atoms with Crippen molar-refractivity contribution in [3.8, 4) is 0 Å². The number of nitrogens with one attached hydrogen (secondary N) is 1. The van der Waals surface area contributed by atoms with E-state index in [2.05, 4.69) is 4.98 Å². The maximum absolute atomic E-state index is 12.0. The molecule has 0 spiro atoms. The number of fused-ring (bicyclic) bond motifs is 1. The molecule has 0 saturated heterocycles. The summed E-state index contributed by atoms with van der Waals surface area (Å²) in [4.78, 5) is 16.3. The van der Waals surface area contributed by atoms with Crippen LogP contribution >= 0.6 is 11.3 Å². The third-order valence-corrected chi connectivity index (χ3v) is 3.61. The van der Waals surface area contributed by atoms with Gasteiger partial charge in [-0.3, -0.25) is 4.79 Å². The smallest absolute Gasteiger partial charge is 0.397 e. The van der Waals surface area contributed by atoms with Crippen molar-refractivity contribution in [1.82, 2.24) is 10.3 Å². The number of aryl methyl sites for hydroxylation is 1. The van der Waals surface area contributed by atoms with Crippen LogP contribution in [0.1, 0.15) is 15.2 Å². The zero-order valence-electron chi connectivity index (χ0n) is 9.84. The fourth-order valence-electron chi connectivity index (χ4n) is 1.63. The Kier molecular flexibility index (Phi) is 3.36. The summed E-state index contributed by atoms with van der Waals surface area (Å²) in [6.07, 6.45) is -2.89. The third-order valence-electron chi connectivity index (χ3n) is 2.49. The summed E-state index contributed by atoms with van der Waals surface area (Å²) in [5, 5.41) is 2.41. The van der Waals surface area contributed by atoms with Crippen molar-refractivity contribution in [1.29, 1.82) is 0 Å². The second-order valence-corrected chi connectivity index (χ2v) is 4.95. The lowest BCUT2D eigenvalue weighted by Crippen LogP contribution is -2.33. The molecule has 0 radical (unpaired) electrons. The Labute approximate surface area is 110 Å². The number of carbonyl (C=O) groups excluding carboxylic acids is 1. The highest BCUT2D eigenvalue weighted by molar-refractivity contribution is 7.21. The summed E-state index contributed by atoms with van der Waals surface area (Å²) in [7, 11) is 0. The van der Waals surface area contributed by atoms with Crippen molar-refractivity contribution < 1.29 is 18.0 Å². The molecule has 0 aliphatic heterocycles. The van der Waals surface area contributed by atoms with Crippen LogP contribution in [0, 0.1) is 6.92 Å². The molecular weight excluding hydrogens is 279 g/mol. The molecule has 102 valence electrons. The van der Waals surface area contributed by atoms with Crippen LogP contribution in [0.15, 0.2) is 12.3 Å². The molecule has 0 aromatic carbocycles. The minimum Gasteiger partial charge on any atom is -0.397 e. The van der Waals surface area contributed by atoms with Crippen LogP contribution in [0.2, 0.25) is 0 Å². The van der Waals surface area contributed by atoms with E-state index in [1.54, 1.807) is 24.5 Å². The average molecular weight is 289 g/mol. The number of thiophene rings is 1. The Hall–Kier alpha value is -1.83. The van der Waals surface area contributed by atoms with Gasteiger partial charge in [-0.05, 0) is 18.6 Å². The van der Waals surface area contributed by atoms with Gasteiger partial charge in [0.1, 0.15) is 16.3 Å². The van der Waals surface area contributed by atoms with Crippen LogP contribution in [-0.2, 0) is 0 Å². The Bertz CT molecular complexity index is 636. The van der Waals surface area contributed by atoms with Crippen LogP contribution in [0.4, 0.5) is 18.9 Å². The number of hydrogen-bond acceptors (Lipinski definition) is 4. The molecule has 8 heteroatoms. The summed E-state index contributed by atoms with van der Waals surface area (Å²) >= 11 is 0.981. The maximum atomic E-state index is 12.0. The molecule has 0 atom stereocenters. The van der Waals surface area contributed by atoms with Crippen LogP contribution in [0.3, 0.4) is 0 Å². The molecule has 0 saturated carbocycles. The monoisotopic (exact) mass is 289 g/mol. The van der Waals surface area contributed by atoms with Gasteiger partial charge in [-0.15, -0.1) is 11.3 Å². The highest BCUT2D eigenvalue weighted by Crippen LogP contribution is 2.34. The molecule has 0 bridgehead atoms. The second kappa shape index (κ2) is 4.69. The van der Waals surface area contributed by atoms with Gasteiger partial charge >= 0.3 is 6.18 Å². The van der Waals surface area contributed by atoms with Gasteiger partial charge in [0, 0.05) is 11.6 Å². The minimum atomic E-state index is -4.45. The summed E-state index contributed by atoms with van der Waals surface area (Å²) in [6, 6.07) is 1.73. The molecule has 0 unspecified atom stereocenters. The van der Waals surface area contributed by atoms with E-state index in [1.165, 1.54) is 0 Å². The topological polar surface area (TPSA) is 68.0 Å². The number of aromatic nitrogens is 1. The zero-order chi connectivity index (χ0) is 14.2. The van der Waals surface area contributed by atoms with E-state index in [-0.39, 0.29) is 10.6 Å². The van der Waals surface area contributed by atoms with E-state index in [0.717, 1.165) is 16.9 Å². The summed E-state index contributed by atoms with van der Waals surface area (Å²) in [5.41, 5.74) is 6.81. The number of anilines is 1. The number of amides is 1. The second-order valence-electron chi connectivity index (χ2n) is 3.95. The number of nitrogens with zero attached hydrogens (tertiary/aromatic N) is 1. The highest BCUT2D eigenvalue weighted by atomic mass is 32.1. The Morgan fingerprint density at radius 3 is 2.79 bits per heavy atom. The molecule has 2 heterocycles. The fraction of sp³-hybridized carbons (Fsp3) is 0.273. The molecule has 19 heavy (non-hydrogen) atoms. The van der Waals surface area contributed by atoms with Crippen LogP contribution < -0.4 is 11.1 Å². The van der Waals surface area contributed by atoms with Gasteiger partial charge in [0.2, 0.25) is 0 Å². The first-order chi connectivity index (χ1) is 8.79. The number of nitrogen functional groups attached to an aromatic ring is 1. The van der Waals surface area contributed by atoms with Crippen molar-refractivity contribution >= 4 is 33.1 Å². The molecule has 3 N–H and O–H groups in total. The van der Waals surface area contributed by atoms with Crippen LogP contribution in [-0.4, -0.2) is 23.6 Å². The molecule has 2 aromatic rings. The van der Waals surface area contributed by atoms with Gasteiger partial charge in [-0.1, -0.05) is 0 Å². The number of carbonyl (C=O) groups is 1. The first-order valence-electron chi connectivity index (χ1n) is 5.28. The number of halogens is 3. The van der Waals surface area contributed by atoms with Gasteiger partial charge < -0.3 is 11.1 Å². The average Bonchev–Trinajstić information content (AvgIpc) is 2.64. The third kappa shape index (κ3) is 2.78. The Balaban J connectivity index is 2.33. The summed E-state index contributed by atoms with van der Waals surface area (Å²) in [5.74, 6) is -0.836. The molecule has 0 aliphatic carbocycles. The van der Waals surface area contributed by atoms with Crippen LogP contribution in [0.25, 0.3) is 10.2 Å². The van der Waals surface area contributed by atoms with Gasteiger partial charge in [-0.2, -0.15) is 13.2 Å². The van der Waals surface area contributed by atoms with Crippen molar-refractivity contribution in [2.75, 3.05) is 12.3 Å². The van der Waals surface area contributed by atoms with E-state index < -0.39 is 18.6 Å². The maximum Gasteiger partial charge on any atom is 0.405 e. The molecule has 2 aromatic heterocycles. The molecule has 1 amide bonds. The first kappa shape index (κ1) is 13.6. The van der Waals surface area contributed by atoms with E-state index >= 15 is 0 Å². The van der Waals surface area contributed by atoms with Crippen molar-refractivity contribution in [2.45, 2.75) is 13.1 Å². The Morgan fingerprint density at radius 1 is 1.53 bits per heavy atom.